The summed E-state index contributed by atoms with van der Waals surface area (Å²) in [5.41, 5.74) is 5.98. The van der Waals surface area contributed by atoms with E-state index in [1.54, 1.807) is 17.0 Å². The van der Waals surface area contributed by atoms with Gasteiger partial charge in [-0.2, -0.15) is 0 Å². The monoisotopic (exact) mass is 250 g/mol. The molecule has 1 fully saturated rings. The number of hydrogen-bond acceptors (Lipinski definition) is 4. The van der Waals surface area contributed by atoms with E-state index < -0.39 is 0 Å². The van der Waals surface area contributed by atoms with Crippen LogP contribution in [0.25, 0.3) is 0 Å². The van der Waals surface area contributed by atoms with Crippen LogP contribution in [-0.2, 0) is 6.54 Å². The molecule has 0 aliphatic carbocycles. The molecule has 0 bridgehead atoms. The lowest BCUT2D eigenvalue weighted by molar-refractivity contribution is 0.362. The lowest BCUT2D eigenvalue weighted by Gasteiger charge is -2.35. The second kappa shape index (κ2) is 5.52. The maximum atomic E-state index is 12.2. The van der Waals surface area contributed by atoms with Gasteiger partial charge in [-0.3, -0.25) is 4.79 Å². The van der Waals surface area contributed by atoms with Gasteiger partial charge in [0.05, 0.1) is 0 Å². The van der Waals surface area contributed by atoms with Crippen molar-refractivity contribution in [2.45, 2.75) is 39.3 Å². The largest absolute Gasteiger partial charge is 0.352 e. The first-order chi connectivity index (χ1) is 8.63. The molecule has 2 N–H and O–H groups in total. The average Bonchev–Trinajstić information content (AvgIpc) is 2.39. The second-order valence-corrected chi connectivity index (χ2v) is 5.05. The molecule has 2 atom stereocenters. The third kappa shape index (κ3) is 2.56. The zero-order valence-corrected chi connectivity index (χ0v) is 11.2. The molecule has 1 aromatic rings. The summed E-state index contributed by atoms with van der Waals surface area (Å²) < 4.78 is 1.69. The molecule has 2 rings (SSSR count). The van der Waals surface area contributed by atoms with Crippen LogP contribution in [-0.4, -0.2) is 28.7 Å². The molecule has 18 heavy (non-hydrogen) atoms. The average molecular weight is 250 g/mol. The van der Waals surface area contributed by atoms with E-state index in [1.807, 2.05) is 13.8 Å². The highest BCUT2D eigenvalue weighted by molar-refractivity contribution is 5.36. The van der Waals surface area contributed by atoms with Crippen LogP contribution in [0.1, 0.15) is 26.7 Å². The SMILES string of the molecule is CCn1ccnc(N2CCCC(C(C)N)C2)c1=O. The fourth-order valence-corrected chi connectivity index (χ4v) is 2.53. The van der Waals surface area contributed by atoms with Crippen molar-refractivity contribution in [3.05, 3.63) is 22.7 Å². The Morgan fingerprint density at radius 2 is 2.39 bits per heavy atom. The fraction of sp³-hybridized carbons (Fsp3) is 0.692. The van der Waals surface area contributed by atoms with E-state index in [9.17, 15) is 4.79 Å². The van der Waals surface area contributed by atoms with Gasteiger partial charge in [-0.15, -0.1) is 0 Å². The van der Waals surface area contributed by atoms with Gasteiger partial charge in [0.2, 0.25) is 0 Å². The highest BCUT2D eigenvalue weighted by Gasteiger charge is 2.25. The number of aryl methyl sites for hydroxylation is 1. The summed E-state index contributed by atoms with van der Waals surface area (Å²) in [6.07, 6.45) is 5.66. The molecule has 0 aromatic carbocycles. The van der Waals surface area contributed by atoms with Crippen LogP contribution in [0.4, 0.5) is 5.82 Å². The Kier molecular flexibility index (Phi) is 4.01. The quantitative estimate of drug-likeness (QED) is 0.863. The van der Waals surface area contributed by atoms with Gasteiger partial charge in [0, 0.05) is 38.1 Å². The van der Waals surface area contributed by atoms with Crippen LogP contribution in [0.3, 0.4) is 0 Å². The maximum absolute atomic E-state index is 12.2. The summed E-state index contributed by atoms with van der Waals surface area (Å²) in [5.74, 6) is 1.03. The minimum absolute atomic E-state index is 0.00493. The topological polar surface area (TPSA) is 64.2 Å². The number of anilines is 1. The van der Waals surface area contributed by atoms with Gasteiger partial charge >= 0.3 is 0 Å². The zero-order valence-electron chi connectivity index (χ0n) is 11.2. The molecule has 1 saturated heterocycles. The Morgan fingerprint density at radius 3 is 3.06 bits per heavy atom. The summed E-state index contributed by atoms with van der Waals surface area (Å²) in [4.78, 5) is 18.5. The lowest BCUT2D eigenvalue weighted by atomic mass is 9.92. The summed E-state index contributed by atoms with van der Waals surface area (Å²) in [6.45, 7) is 6.43. The minimum atomic E-state index is 0.00493. The Bertz CT molecular complexity index is 455. The third-order valence-corrected chi connectivity index (χ3v) is 3.74. The number of hydrogen-bond donors (Lipinski definition) is 1. The van der Waals surface area contributed by atoms with Crippen molar-refractivity contribution in [3.63, 3.8) is 0 Å². The van der Waals surface area contributed by atoms with E-state index in [4.69, 9.17) is 5.73 Å². The predicted octanol–water partition coefficient (Wildman–Crippen LogP) is 0.827. The number of nitrogens with two attached hydrogens (primary N) is 1. The summed E-state index contributed by atoms with van der Waals surface area (Å²) in [5, 5.41) is 0. The van der Waals surface area contributed by atoms with Crippen LogP contribution in [0.2, 0.25) is 0 Å². The third-order valence-electron chi connectivity index (χ3n) is 3.74. The summed E-state index contributed by atoms with van der Waals surface area (Å²) >= 11 is 0. The minimum Gasteiger partial charge on any atom is -0.352 e. The van der Waals surface area contributed by atoms with Crippen LogP contribution < -0.4 is 16.2 Å². The van der Waals surface area contributed by atoms with Crippen molar-refractivity contribution in [1.29, 1.82) is 0 Å². The smallest absolute Gasteiger partial charge is 0.293 e. The highest BCUT2D eigenvalue weighted by Crippen LogP contribution is 2.21. The van der Waals surface area contributed by atoms with E-state index >= 15 is 0 Å². The number of nitrogens with zero attached hydrogens (tertiary/aromatic N) is 3. The molecule has 0 spiro atoms. The van der Waals surface area contributed by atoms with Crippen molar-refractivity contribution in [1.82, 2.24) is 9.55 Å². The Hall–Kier alpha value is -1.36. The Morgan fingerprint density at radius 1 is 1.61 bits per heavy atom. The van der Waals surface area contributed by atoms with Gasteiger partial charge in [0.25, 0.3) is 5.56 Å². The lowest BCUT2D eigenvalue weighted by Crippen LogP contribution is -2.45. The second-order valence-electron chi connectivity index (χ2n) is 5.05. The Labute approximate surface area is 108 Å². The van der Waals surface area contributed by atoms with E-state index in [0.717, 1.165) is 25.9 Å². The Balaban J connectivity index is 2.23. The molecule has 0 amide bonds. The van der Waals surface area contributed by atoms with Gasteiger partial charge < -0.3 is 15.2 Å². The number of piperidine rings is 1. The molecular formula is C13H22N4O. The molecule has 2 unspecified atom stereocenters. The van der Waals surface area contributed by atoms with Crippen molar-refractivity contribution in [3.8, 4) is 0 Å². The standard InChI is InChI=1S/C13H22N4O/c1-3-16-8-6-15-12(13(16)18)17-7-4-5-11(9-17)10(2)14/h6,8,10-11H,3-5,7,9,14H2,1-2H3. The first kappa shape index (κ1) is 13.1. The molecule has 0 saturated carbocycles. The van der Waals surface area contributed by atoms with E-state index in [1.165, 1.54) is 0 Å². The van der Waals surface area contributed by atoms with Gasteiger partial charge in [-0.25, -0.2) is 4.98 Å². The van der Waals surface area contributed by atoms with Crippen LogP contribution in [0.5, 0.6) is 0 Å². The van der Waals surface area contributed by atoms with Crippen LogP contribution >= 0.6 is 0 Å². The number of rotatable bonds is 3. The molecule has 0 radical (unpaired) electrons. The van der Waals surface area contributed by atoms with Gasteiger partial charge in [-0.1, -0.05) is 0 Å². The van der Waals surface area contributed by atoms with Gasteiger partial charge in [0.1, 0.15) is 0 Å². The molecule has 1 aromatic heterocycles. The normalized spacial score (nSPS) is 21.9. The molecule has 1 aliphatic rings. The van der Waals surface area contributed by atoms with Crippen LogP contribution in [0, 0.1) is 5.92 Å². The van der Waals surface area contributed by atoms with E-state index in [2.05, 4.69) is 9.88 Å². The molecule has 5 heteroatoms. The zero-order chi connectivity index (χ0) is 13.1. The number of aromatic nitrogens is 2. The predicted molar refractivity (Wildman–Crippen MR) is 72.8 cm³/mol. The first-order valence-electron chi connectivity index (χ1n) is 6.69. The molecule has 1 aliphatic heterocycles. The first-order valence-corrected chi connectivity index (χ1v) is 6.69. The van der Waals surface area contributed by atoms with Gasteiger partial charge in [0.15, 0.2) is 5.82 Å². The molecule has 100 valence electrons. The fourth-order valence-electron chi connectivity index (χ4n) is 2.53. The van der Waals surface area contributed by atoms with Gasteiger partial charge in [-0.05, 0) is 32.6 Å². The molecular weight excluding hydrogens is 228 g/mol. The van der Waals surface area contributed by atoms with Crippen LogP contribution in [0.15, 0.2) is 17.2 Å². The van der Waals surface area contributed by atoms with E-state index in [0.29, 0.717) is 18.3 Å². The van der Waals surface area contributed by atoms with Crippen molar-refractivity contribution >= 4 is 5.82 Å². The molecule has 5 nitrogen and oxygen atoms in total. The van der Waals surface area contributed by atoms with Crippen molar-refractivity contribution < 1.29 is 0 Å². The molecule has 2 heterocycles. The summed E-state index contributed by atoms with van der Waals surface area (Å²) in [6, 6.07) is 0.171. The van der Waals surface area contributed by atoms with Crippen molar-refractivity contribution in [2.75, 3.05) is 18.0 Å². The van der Waals surface area contributed by atoms with Crippen molar-refractivity contribution in [2.24, 2.45) is 11.7 Å². The summed E-state index contributed by atoms with van der Waals surface area (Å²) in [7, 11) is 0. The maximum Gasteiger partial charge on any atom is 0.293 e. The highest BCUT2D eigenvalue weighted by atomic mass is 16.1. The van der Waals surface area contributed by atoms with E-state index in [-0.39, 0.29) is 11.6 Å².